The van der Waals surface area contributed by atoms with Crippen molar-refractivity contribution in [3.8, 4) is 5.75 Å². The third kappa shape index (κ3) is 2.89. The molecule has 4 atom stereocenters. The molecule has 1 amide bonds. The maximum Gasteiger partial charge on any atom is 0.239 e. The molecule has 2 fully saturated rings. The van der Waals surface area contributed by atoms with Gasteiger partial charge in [0.2, 0.25) is 5.91 Å². The second kappa shape index (κ2) is 5.66. The highest BCUT2D eigenvalue weighted by Crippen LogP contribution is 2.38. The molecular weight excluding hydrogens is 268 g/mol. The zero-order valence-corrected chi connectivity index (χ0v) is 12.0. The van der Waals surface area contributed by atoms with E-state index in [2.05, 4.69) is 0 Å². The number of phenols is 1. The van der Waals surface area contributed by atoms with E-state index in [1.807, 2.05) is 4.90 Å². The van der Waals surface area contributed by atoms with Crippen LogP contribution in [0.25, 0.3) is 0 Å². The van der Waals surface area contributed by atoms with E-state index in [1.54, 1.807) is 24.3 Å². The number of hydrogen-bond donors (Lipinski definition) is 3. The van der Waals surface area contributed by atoms with Crippen LogP contribution in [0.1, 0.15) is 18.4 Å². The summed E-state index contributed by atoms with van der Waals surface area (Å²) in [7, 11) is 0. The number of fused-ring (bicyclic) bond motifs is 1. The zero-order chi connectivity index (χ0) is 15.0. The zero-order valence-electron chi connectivity index (χ0n) is 12.0. The Hall–Kier alpha value is -1.59. The summed E-state index contributed by atoms with van der Waals surface area (Å²) in [6.07, 6.45) is 2.06. The van der Waals surface area contributed by atoms with E-state index in [1.165, 1.54) is 0 Å². The quantitative estimate of drug-likeness (QED) is 0.756. The van der Waals surface area contributed by atoms with Crippen LogP contribution in [-0.4, -0.2) is 46.3 Å². The number of aliphatic hydroxyl groups is 1. The lowest BCUT2D eigenvalue weighted by molar-refractivity contribution is -0.132. The van der Waals surface area contributed by atoms with Gasteiger partial charge in [0, 0.05) is 19.0 Å². The van der Waals surface area contributed by atoms with Gasteiger partial charge in [0.15, 0.2) is 0 Å². The van der Waals surface area contributed by atoms with Gasteiger partial charge in [0.1, 0.15) is 5.75 Å². The molecule has 114 valence electrons. The Balaban J connectivity index is 1.59. The number of nitrogens with two attached hydrogens (primary N) is 1. The summed E-state index contributed by atoms with van der Waals surface area (Å²) in [5.74, 6) is 0.837. The number of likely N-dealkylation sites (tertiary alicyclic amines) is 1. The summed E-state index contributed by atoms with van der Waals surface area (Å²) in [4.78, 5) is 14.2. The van der Waals surface area contributed by atoms with E-state index in [-0.39, 0.29) is 23.7 Å². The molecule has 0 radical (unpaired) electrons. The summed E-state index contributed by atoms with van der Waals surface area (Å²) < 4.78 is 0. The molecule has 5 nitrogen and oxygen atoms in total. The summed E-state index contributed by atoms with van der Waals surface area (Å²) in [6, 6.07) is 6.20. The predicted octanol–water partition coefficient (Wildman–Crippen LogP) is 0.491. The third-order valence-corrected chi connectivity index (χ3v) is 4.84. The summed E-state index contributed by atoms with van der Waals surface area (Å²) in [5.41, 5.74) is 6.97. The van der Waals surface area contributed by atoms with Gasteiger partial charge in [-0.1, -0.05) is 12.1 Å². The summed E-state index contributed by atoms with van der Waals surface area (Å²) in [6.45, 7) is 1.36. The molecule has 4 unspecified atom stereocenters. The van der Waals surface area contributed by atoms with Gasteiger partial charge in [-0.25, -0.2) is 0 Å². The number of aromatic hydroxyl groups is 1. The van der Waals surface area contributed by atoms with Gasteiger partial charge in [-0.2, -0.15) is 0 Å². The molecule has 0 spiro atoms. The van der Waals surface area contributed by atoms with Gasteiger partial charge >= 0.3 is 0 Å². The van der Waals surface area contributed by atoms with Crippen LogP contribution in [0.2, 0.25) is 0 Å². The van der Waals surface area contributed by atoms with Gasteiger partial charge in [-0.3, -0.25) is 4.79 Å². The first-order chi connectivity index (χ1) is 10.0. The molecule has 1 aromatic carbocycles. The van der Waals surface area contributed by atoms with Gasteiger partial charge in [-0.15, -0.1) is 0 Å². The van der Waals surface area contributed by atoms with Crippen LogP contribution in [0.3, 0.4) is 0 Å². The first kappa shape index (κ1) is 14.4. The number of rotatable bonds is 3. The molecule has 1 heterocycles. The van der Waals surface area contributed by atoms with E-state index in [9.17, 15) is 15.0 Å². The van der Waals surface area contributed by atoms with Crippen molar-refractivity contribution in [1.82, 2.24) is 4.90 Å². The molecular formula is C16H22N2O3. The Labute approximate surface area is 124 Å². The lowest BCUT2D eigenvalue weighted by atomic mass is 10.00. The van der Waals surface area contributed by atoms with E-state index in [4.69, 9.17) is 5.73 Å². The molecule has 3 rings (SSSR count). The Morgan fingerprint density at radius 2 is 2.00 bits per heavy atom. The minimum absolute atomic E-state index is 0.0373. The van der Waals surface area contributed by atoms with Crippen LogP contribution in [0.15, 0.2) is 24.3 Å². The second-order valence-corrected chi connectivity index (χ2v) is 6.29. The Kier molecular flexibility index (Phi) is 3.87. The molecule has 1 saturated heterocycles. The molecule has 0 aromatic heterocycles. The third-order valence-electron chi connectivity index (χ3n) is 4.84. The minimum atomic E-state index is -0.564. The van der Waals surface area contributed by atoms with Gasteiger partial charge < -0.3 is 20.8 Å². The van der Waals surface area contributed by atoms with Crippen molar-refractivity contribution in [2.75, 3.05) is 13.1 Å². The highest BCUT2D eigenvalue weighted by Gasteiger charge is 2.43. The van der Waals surface area contributed by atoms with E-state index in [0.29, 0.717) is 18.9 Å². The smallest absolute Gasteiger partial charge is 0.239 e. The number of carbonyl (C=O) groups excluding carboxylic acids is 1. The highest BCUT2D eigenvalue weighted by molar-refractivity contribution is 5.82. The van der Waals surface area contributed by atoms with Crippen molar-refractivity contribution in [2.45, 2.75) is 31.4 Å². The van der Waals surface area contributed by atoms with Crippen LogP contribution in [0.5, 0.6) is 5.75 Å². The van der Waals surface area contributed by atoms with Crippen LogP contribution in [0.4, 0.5) is 0 Å². The Morgan fingerprint density at radius 3 is 2.67 bits per heavy atom. The van der Waals surface area contributed by atoms with Crippen molar-refractivity contribution < 1.29 is 15.0 Å². The van der Waals surface area contributed by atoms with Crippen molar-refractivity contribution in [1.29, 1.82) is 0 Å². The SMILES string of the molecule is NC(Cc1ccc(O)cc1)C(=O)N1CC2CCC(O)C2C1. The Morgan fingerprint density at radius 1 is 1.29 bits per heavy atom. The van der Waals surface area contributed by atoms with Crippen LogP contribution < -0.4 is 5.73 Å². The van der Waals surface area contributed by atoms with Crippen molar-refractivity contribution in [3.05, 3.63) is 29.8 Å². The molecule has 2 aliphatic rings. The first-order valence-electron chi connectivity index (χ1n) is 7.55. The molecule has 1 aromatic rings. The van der Waals surface area contributed by atoms with Crippen LogP contribution >= 0.6 is 0 Å². The van der Waals surface area contributed by atoms with Crippen molar-refractivity contribution >= 4 is 5.91 Å². The topological polar surface area (TPSA) is 86.8 Å². The fraction of sp³-hybridized carbons (Fsp3) is 0.562. The average Bonchev–Trinajstić information content (AvgIpc) is 3.03. The molecule has 5 heteroatoms. The van der Waals surface area contributed by atoms with E-state index < -0.39 is 6.04 Å². The number of benzene rings is 1. The lowest BCUT2D eigenvalue weighted by Gasteiger charge is -2.22. The molecule has 4 N–H and O–H groups in total. The second-order valence-electron chi connectivity index (χ2n) is 6.29. The maximum absolute atomic E-state index is 12.4. The number of amides is 1. The number of nitrogens with zero attached hydrogens (tertiary/aromatic N) is 1. The molecule has 1 saturated carbocycles. The van der Waals surface area contributed by atoms with Crippen molar-refractivity contribution in [3.63, 3.8) is 0 Å². The fourth-order valence-electron chi connectivity index (χ4n) is 3.62. The predicted molar refractivity (Wildman–Crippen MR) is 78.6 cm³/mol. The lowest BCUT2D eigenvalue weighted by Crippen LogP contribution is -2.44. The standard InChI is InChI=1S/C16H22N2O3/c17-14(7-10-1-4-12(19)5-2-10)16(21)18-8-11-3-6-15(20)13(11)9-18/h1-2,4-5,11,13-15,19-20H,3,6-9,17H2. The van der Waals surface area contributed by atoms with Gasteiger partial charge in [-0.05, 0) is 42.9 Å². The van der Waals surface area contributed by atoms with E-state index in [0.717, 1.165) is 24.9 Å². The van der Waals surface area contributed by atoms with Crippen molar-refractivity contribution in [2.24, 2.45) is 17.6 Å². The fourth-order valence-corrected chi connectivity index (χ4v) is 3.62. The number of phenolic OH excluding ortho intramolecular Hbond substituents is 1. The molecule has 1 aliphatic carbocycles. The monoisotopic (exact) mass is 290 g/mol. The largest absolute Gasteiger partial charge is 0.508 e. The number of hydrogen-bond acceptors (Lipinski definition) is 4. The summed E-state index contributed by atoms with van der Waals surface area (Å²) in [5, 5.41) is 19.2. The average molecular weight is 290 g/mol. The normalized spacial score (nSPS) is 29.4. The van der Waals surface area contributed by atoms with Gasteiger partial charge in [0.05, 0.1) is 12.1 Å². The summed E-state index contributed by atoms with van der Waals surface area (Å²) >= 11 is 0. The van der Waals surface area contributed by atoms with Gasteiger partial charge in [0.25, 0.3) is 0 Å². The maximum atomic E-state index is 12.4. The van der Waals surface area contributed by atoms with Crippen LogP contribution in [-0.2, 0) is 11.2 Å². The highest BCUT2D eigenvalue weighted by atomic mass is 16.3. The Bertz CT molecular complexity index is 517. The van der Waals surface area contributed by atoms with Crippen LogP contribution in [0, 0.1) is 11.8 Å². The van der Waals surface area contributed by atoms with E-state index >= 15 is 0 Å². The molecule has 1 aliphatic heterocycles. The number of carbonyl (C=O) groups is 1. The minimum Gasteiger partial charge on any atom is -0.508 e. The number of aliphatic hydroxyl groups excluding tert-OH is 1. The molecule has 0 bridgehead atoms. The molecule has 21 heavy (non-hydrogen) atoms. The first-order valence-corrected chi connectivity index (χ1v) is 7.55.